The number of nitrogens with zero attached hydrogens (tertiary/aromatic N) is 3. The number of nitrogens with two attached hydrogens (primary N) is 2. The van der Waals surface area contributed by atoms with Crippen LogP contribution in [0.3, 0.4) is 0 Å². The molecule has 6 rings (SSSR count). The van der Waals surface area contributed by atoms with Gasteiger partial charge in [0.05, 0.1) is 6.20 Å². The highest BCUT2D eigenvalue weighted by molar-refractivity contribution is 6.31. The van der Waals surface area contributed by atoms with Crippen LogP contribution in [0, 0.1) is 34.5 Å². The van der Waals surface area contributed by atoms with Gasteiger partial charge in [0.1, 0.15) is 23.2 Å². The van der Waals surface area contributed by atoms with Crippen LogP contribution >= 0.6 is 11.6 Å². The number of carbonyl (C=O) groups excluding carboxylic acids is 1. The number of primary amides is 1. The molecule has 35 heavy (non-hydrogen) atoms. The topological polar surface area (TPSA) is 152 Å². The Balaban J connectivity index is 1.26. The number of anilines is 2. The third-order valence-electron chi connectivity index (χ3n) is 7.85. The summed E-state index contributed by atoms with van der Waals surface area (Å²) in [6, 6.07) is 7.64. The van der Waals surface area contributed by atoms with E-state index in [1.807, 2.05) is 0 Å². The molecular weight excluding hydrogens is 466 g/mol. The lowest BCUT2D eigenvalue weighted by molar-refractivity contribution is -0.119. The second-order valence-corrected chi connectivity index (χ2v) is 10.7. The van der Waals surface area contributed by atoms with E-state index in [-0.39, 0.29) is 12.0 Å². The van der Waals surface area contributed by atoms with Crippen LogP contribution in [0.2, 0.25) is 5.02 Å². The standard InChI is InChI=1S/C25H30ClN7O2/c26-20-2-1-19(35-12-21(28)34)5-17(20)10-30-24-31-11-18(9-27)23(33-24)32-13-25-6-14-3-15(7-25)22(29)16(4-14)8-25/h1-2,5,11,14-16,22H,3-4,6-8,10,12-13,29H2,(H2,28,34)(H2,30,31,32,33)/t14?,15-,16+,22-,25-. The van der Waals surface area contributed by atoms with Crippen LogP contribution in [0.5, 0.6) is 5.75 Å². The fourth-order valence-corrected chi connectivity index (χ4v) is 6.69. The van der Waals surface area contributed by atoms with E-state index in [1.165, 1.54) is 25.5 Å². The summed E-state index contributed by atoms with van der Waals surface area (Å²) in [6.07, 6.45) is 7.59. The third-order valence-corrected chi connectivity index (χ3v) is 8.22. The van der Waals surface area contributed by atoms with Crippen molar-refractivity contribution in [1.29, 1.82) is 5.26 Å². The largest absolute Gasteiger partial charge is 0.484 e. The molecule has 9 nitrogen and oxygen atoms in total. The molecule has 1 aromatic carbocycles. The highest BCUT2D eigenvalue weighted by Gasteiger charge is 2.54. The van der Waals surface area contributed by atoms with Gasteiger partial charge in [-0.1, -0.05) is 11.6 Å². The van der Waals surface area contributed by atoms with Gasteiger partial charge in [-0.05, 0) is 79.0 Å². The van der Waals surface area contributed by atoms with E-state index in [0.29, 0.717) is 52.5 Å². The van der Waals surface area contributed by atoms with Gasteiger partial charge in [0, 0.05) is 24.2 Å². The fourth-order valence-electron chi connectivity index (χ4n) is 6.51. The van der Waals surface area contributed by atoms with Gasteiger partial charge in [0.15, 0.2) is 6.61 Å². The number of nitriles is 1. The molecule has 1 amide bonds. The van der Waals surface area contributed by atoms with Crippen LogP contribution in [0.4, 0.5) is 11.8 Å². The van der Waals surface area contributed by atoms with Crippen LogP contribution in [-0.2, 0) is 11.3 Å². The number of hydrogen-bond donors (Lipinski definition) is 4. The Morgan fingerprint density at radius 2 is 2.03 bits per heavy atom. The van der Waals surface area contributed by atoms with Crippen LogP contribution in [0.25, 0.3) is 0 Å². The lowest BCUT2D eigenvalue weighted by Crippen LogP contribution is -2.58. The summed E-state index contributed by atoms with van der Waals surface area (Å²) in [5.41, 5.74) is 13.0. The summed E-state index contributed by atoms with van der Waals surface area (Å²) in [7, 11) is 0. The maximum absolute atomic E-state index is 11.0. The number of amides is 1. The average Bonchev–Trinajstić information content (AvgIpc) is 2.84. The zero-order valence-electron chi connectivity index (χ0n) is 19.5. The quantitative estimate of drug-likeness (QED) is 0.414. The number of benzene rings is 1. The lowest BCUT2D eigenvalue weighted by atomic mass is 9.48. The van der Waals surface area contributed by atoms with Crippen LogP contribution < -0.4 is 26.8 Å². The molecule has 4 aliphatic carbocycles. The van der Waals surface area contributed by atoms with Gasteiger partial charge in [-0.15, -0.1) is 0 Å². The Labute approximate surface area is 209 Å². The number of aromatic nitrogens is 2. The smallest absolute Gasteiger partial charge is 0.255 e. The normalized spacial score (nSPS) is 28.4. The highest BCUT2D eigenvalue weighted by Crippen LogP contribution is 2.59. The summed E-state index contributed by atoms with van der Waals surface area (Å²) >= 11 is 6.32. The Kier molecular flexibility index (Phi) is 6.43. The van der Waals surface area contributed by atoms with Gasteiger partial charge in [-0.3, -0.25) is 4.79 Å². The minimum Gasteiger partial charge on any atom is -0.484 e. The number of hydrogen-bond acceptors (Lipinski definition) is 8. The highest BCUT2D eigenvalue weighted by atomic mass is 35.5. The molecule has 10 heteroatoms. The van der Waals surface area contributed by atoms with E-state index in [2.05, 4.69) is 26.7 Å². The minimum atomic E-state index is -0.554. The molecule has 6 N–H and O–H groups in total. The van der Waals surface area contributed by atoms with Gasteiger partial charge in [0.25, 0.3) is 5.91 Å². The SMILES string of the molecule is N#Cc1cnc(NCc2cc(OCC(N)=O)ccc2Cl)nc1NC[C@]12CC3C[C@H](C1)[C@@H](N)[C@@H](C3)C2. The molecule has 4 bridgehead atoms. The summed E-state index contributed by atoms with van der Waals surface area (Å²) < 4.78 is 5.36. The summed E-state index contributed by atoms with van der Waals surface area (Å²) in [6.45, 7) is 0.919. The monoisotopic (exact) mass is 495 g/mol. The Morgan fingerprint density at radius 1 is 1.26 bits per heavy atom. The number of ether oxygens (including phenoxy) is 1. The third kappa shape index (κ3) is 5.00. The van der Waals surface area contributed by atoms with Crippen LogP contribution in [0.1, 0.15) is 43.2 Å². The lowest BCUT2D eigenvalue weighted by Gasteiger charge is -2.59. The average molecular weight is 496 g/mol. The van der Waals surface area contributed by atoms with Crippen molar-refractivity contribution in [3.05, 3.63) is 40.5 Å². The molecular formula is C25H30ClN7O2. The molecule has 2 aromatic rings. The zero-order valence-corrected chi connectivity index (χ0v) is 20.2. The Bertz CT molecular complexity index is 1150. The predicted octanol–water partition coefficient (Wildman–Crippen LogP) is 3.04. The molecule has 0 radical (unpaired) electrons. The number of nitrogens with one attached hydrogen (secondary N) is 2. The van der Waals surface area contributed by atoms with Crippen molar-refractivity contribution >= 4 is 29.3 Å². The minimum absolute atomic E-state index is 0.210. The van der Waals surface area contributed by atoms with Crippen molar-refractivity contribution in [2.24, 2.45) is 34.6 Å². The first-order chi connectivity index (χ1) is 16.8. The van der Waals surface area contributed by atoms with Gasteiger partial charge in [-0.25, -0.2) is 4.98 Å². The molecule has 1 heterocycles. The second kappa shape index (κ2) is 9.51. The van der Waals surface area contributed by atoms with Gasteiger partial charge >= 0.3 is 0 Å². The summed E-state index contributed by atoms with van der Waals surface area (Å²) in [5.74, 6) is 2.88. The van der Waals surface area contributed by atoms with Crippen molar-refractivity contribution in [2.45, 2.75) is 44.7 Å². The molecule has 1 unspecified atom stereocenters. The van der Waals surface area contributed by atoms with Gasteiger partial charge < -0.3 is 26.8 Å². The first-order valence-electron chi connectivity index (χ1n) is 12.0. The van der Waals surface area contributed by atoms with Crippen molar-refractivity contribution in [1.82, 2.24) is 9.97 Å². The number of rotatable bonds is 9. The zero-order chi connectivity index (χ0) is 24.6. The molecule has 0 saturated heterocycles. The maximum atomic E-state index is 11.0. The summed E-state index contributed by atoms with van der Waals surface area (Å²) in [4.78, 5) is 19.8. The number of halogens is 1. The number of carbonyl (C=O) groups is 1. The van der Waals surface area contributed by atoms with Crippen molar-refractivity contribution in [3.63, 3.8) is 0 Å². The van der Waals surface area contributed by atoms with Crippen LogP contribution in [-0.4, -0.2) is 35.1 Å². The first-order valence-corrected chi connectivity index (χ1v) is 12.4. The molecule has 184 valence electrons. The van der Waals surface area contributed by atoms with Gasteiger partial charge in [0.2, 0.25) is 5.95 Å². The van der Waals surface area contributed by atoms with E-state index in [9.17, 15) is 10.1 Å². The first kappa shape index (κ1) is 23.6. The second-order valence-electron chi connectivity index (χ2n) is 10.3. The molecule has 0 aliphatic heterocycles. The van der Waals surface area contributed by atoms with Crippen LogP contribution in [0.15, 0.2) is 24.4 Å². The Morgan fingerprint density at radius 3 is 2.74 bits per heavy atom. The van der Waals surface area contributed by atoms with Crippen molar-refractivity contribution in [2.75, 3.05) is 23.8 Å². The molecule has 4 aliphatic rings. The maximum Gasteiger partial charge on any atom is 0.255 e. The van der Waals surface area contributed by atoms with E-state index in [0.717, 1.165) is 30.9 Å². The van der Waals surface area contributed by atoms with Crippen molar-refractivity contribution in [3.8, 4) is 11.8 Å². The predicted molar refractivity (Wildman–Crippen MR) is 133 cm³/mol. The summed E-state index contributed by atoms with van der Waals surface area (Å²) in [5, 5.41) is 16.8. The molecule has 1 aromatic heterocycles. The molecule has 0 spiro atoms. The fraction of sp³-hybridized carbons (Fsp3) is 0.520. The van der Waals surface area contributed by atoms with Crippen molar-refractivity contribution < 1.29 is 9.53 Å². The molecule has 4 fully saturated rings. The van der Waals surface area contributed by atoms with E-state index in [1.54, 1.807) is 18.2 Å². The van der Waals surface area contributed by atoms with E-state index >= 15 is 0 Å². The van der Waals surface area contributed by atoms with E-state index < -0.39 is 5.91 Å². The molecule has 5 atom stereocenters. The Hall–Kier alpha value is -3.09. The molecule has 4 saturated carbocycles. The van der Waals surface area contributed by atoms with E-state index in [4.69, 9.17) is 27.8 Å². The van der Waals surface area contributed by atoms with Gasteiger partial charge in [-0.2, -0.15) is 10.2 Å².